The van der Waals surface area contributed by atoms with Crippen LogP contribution >= 0.6 is 0 Å². The molecule has 0 aliphatic rings. The van der Waals surface area contributed by atoms with Crippen LogP contribution in [0.5, 0.6) is 0 Å². The van der Waals surface area contributed by atoms with Crippen molar-refractivity contribution in [3.05, 3.63) is 24.3 Å². The van der Waals surface area contributed by atoms with Crippen molar-refractivity contribution in [3.8, 4) is 0 Å². The third kappa shape index (κ3) is 73.3. The molecule has 0 heterocycles. The highest BCUT2D eigenvalue weighted by Crippen LogP contribution is 2.20. The average Bonchev–Trinajstić information content (AvgIpc) is 3.54. The lowest BCUT2D eigenvalue weighted by atomic mass is 10.0. The van der Waals surface area contributed by atoms with Gasteiger partial charge in [0.1, 0.15) is 0 Å². The van der Waals surface area contributed by atoms with E-state index in [-0.39, 0.29) is 18.5 Å². The van der Waals surface area contributed by atoms with E-state index in [4.69, 9.17) is 4.74 Å². The molecule has 2 atom stereocenters. The second kappa shape index (κ2) is 76.8. The monoisotopic (exact) mass is 1220 g/mol. The van der Waals surface area contributed by atoms with E-state index in [1.165, 1.54) is 385 Å². The van der Waals surface area contributed by atoms with Crippen LogP contribution in [0.1, 0.15) is 457 Å². The maximum absolute atomic E-state index is 12.6. The number of aliphatic hydroxyl groups is 2. The largest absolute Gasteiger partial charge is 0.466 e. The first-order valence-electron chi connectivity index (χ1n) is 40.1. The number of carbonyl (C=O) groups is 2. The number of ether oxygens (including phenoxy) is 1. The van der Waals surface area contributed by atoms with E-state index in [1.807, 2.05) is 6.08 Å². The Bertz CT molecular complexity index is 1360. The zero-order chi connectivity index (χ0) is 62.8. The molecule has 6 nitrogen and oxygen atoms in total. The minimum Gasteiger partial charge on any atom is -0.466 e. The molecule has 0 bridgehead atoms. The first kappa shape index (κ1) is 85.3. The maximum Gasteiger partial charge on any atom is 0.305 e. The van der Waals surface area contributed by atoms with Crippen LogP contribution in [0, 0.1) is 0 Å². The van der Waals surface area contributed by atoms with Crippen LogP contribution in [0.3, 0.4) is 0 Å². The Morgan fingerprint density at radius 3 is 0.828 bits per heavy atom. The van der Waals surface area contributed by atoms with Crippen molar-refractivity contribution in [1.29, 1.82) is 0 Å². The van der Waals surface area contributed by atoms with Gasteiger partial charge >= 0.3 is 5.97 Å². The number of aliphatic hydroxyl groups excluding tert-OH is 2. The summed E-state index contributed by atoms with van der Waals surface area (Å²) in [5.41, 5.74) is 0. The van der Waals surface area contributed by atoms with Gasteiger partial charge in [-0.1, -0.05) is 411 Å². The van der Waals surface area contributed by atoms with Gasteiger partial charge in [0, 0.05) is 12.8 Å². The third-order valence-corrected chi connectivity index (χ3v) is 19.0. The molecule has 0 saturated heterocycles. The van der Waals surface area contributed by atoms with Crippen molar-refractivity contribution in [3.63, 3.8) is 0 Å². The topological polar surface area (TPSA) is 95.9 Å². The minimum absolute atomic E-state index is 0.0131. The van der Waals surface area contributed by atoms with Gasteiger partial charge in [-0.15, -0.1) is 0 Å². The predicted octanol–water partition coefficient (Wildman–Crippen LogP) is 26.4. The SMILES string of the molecule is CCCCCC/C=C\CCCCCCCC(=O)OCCCCCCCCCCCCCCCCCCCCCCCCCCCCCCCCCCCC(=O)NC(CO)C(O)/C=C/CCCCCCCCCCCCCCCCCCCCCCCC. The number of unbranched alkanes of at least 4 members (excludes halogenated alkanes) is 63. The molecule has 87 heavy (non-hydrogen) atoms. The van der Waals surface area contributed by atoms with E-state index < -0.39 is 12.1 Å². The van der Waals surface area contributed by atoms with Gasteiger partial charge in [0.2, 0.25) is 5.91 Å². The first-order valence-corrected chi connectivity index (χ1v) is 40.1. The summed E-state index contributed by atoms with van der Waals surface area (Å²) in [6.45, 7) is 4.94. The van der Waals surface area contributed by atoms with E-state index in [9.17, 15) is 19.8 Å². The molecule has 0 saturated carbocycles. The van der Waals surface area contributed by atoms with Crippen LogP contribution in [0.2, 0.25) is 0 Å². The highest BCUT2D eigenvalue weighted by Gasteiger charge is 2.18. The number of hydrogen-bond acceptors (Lipinski definition) is 5. The number of allylic oxidation sites excluding steroid dienone is 3. The van der Waals surface area contributed by atoms with E-state index in [0.29, 0.717) is 19.4 Å². The van der Waals surface area contributed by atoms with Crippen LogP contribution in [0.4, 0.5) is 0 Å². The molecular formula is C81H157NO5. The van der Waals surface area contributed by atoms with Crippen LogP contribution in [-0.2, 0) is 14.3 Å². The lowest BCUT2D eigenvalue weighted by molar-refractivity contribution is -0.143. The molecule has 0 spiro atoms. The molecule has 0 aliphatic carbocycles. The predicted molar refractivity (Wildman–Crippen MR) is 384 cm³/mol. The van der Waals surface area contributed by atoms with E-state index in [1.54, 1.807) is 6.08 Å². The van der Waals surface area contributed by atoms with Gasteiger partial charge < -0.3 is 20.3 Å². The summed E-state index contributed by atoms with van der Waals surface area (Å²) in [7, 11) is 0. The first-order chi connectivity index (χ1) is 43.0. The zero-order valence-electron chi connectivity index (χ0n) is 59.3. The number of carbonyl (C=O) groups excluding carboxylic acids is 2. The molecule has 1 amide bonds. The number of esters is 1. The number of rotatable bonds is 76. The molecule has 0 fully saturated rings. The number of amides is 1. The Morgan fingerprint density at radius 2 is 0.540 bits per heavy atom. The van der Waals surface area contributed by atoms with Gasteiger partial charge in [-0.05, 0) is 57.8 Å². The Hall–Kier alpha value is -1.66. The number of nitrogens with one attached hydrogen (secondary N) is 1. The molecule has 6 heteroatoms. The summed E-state index contributed by atoms with van der Waals surface area (Å²) in [6, 6.07) is -0.625. The van der Waals surface area contributed by atoms with E-state index in [2.05, 4.69) is 31.3 Å². The maximum atomic E-state index is 12.6. The lowest BCUT2D eigenvalue weighted by Crippen LogP contribution is -2.45. The van der Waals surface area contributed by atoms with Crippen LogP contribution in [-0.4, -0.2) is 47.4 Å². The standard InChI is InChI=1S/C81H157NO5/c1-3-5-7-9-11-13-15-17-18-19-20-21-22-34-37-40-43-46-50-53-57-61-65-69-73-79(84)78(77-83)82-80(85)74-70-66-62-58-54-51-47-44-41-38-35-32-30-28-26-24-23-25-27-29-31-33-36-39-42-45-48-52-56-60-64-68-72-76-87-81(86)75-71-67-63-59-55-49-16-14-12-10-8-6-4-2/h14,16,69,73,78-79,83-84H,3-13,15,17-68,70-72,74-77H2,1-2H3,(H,82,85)/b16-14-,73-69+. The normalized spacial score (nSPS) is 12.6. The molecule has 0 aromatic carbocycles. The fourth-order valence-corrected chi connectivity index (χ4v) is 12.9. The average molecular weight is 1230 g/mol. The van der Waals surface area contributed by atoms with Gasteiger partial charge in [-0.3, -0.25) is 9.59 Å². The van der Waals surface area contributed by atoms with Gasteiger partial charge in [0.15, 0.2) is 0 Å². The molecular weight excluding hydrogens is 1070 g/mol. The smallest absolute Gasteiger partial charge is 0.305 e. The Labute approximate surface area is 545 Å². The zero-order valence-corrected chi connectivity index (χ0v) is 59.3. The Kier molecular flexibility index (Phi) is 75.3. The number of hydrogen-bond donors (Lipinski definition) is 3. The molecule has 0 radical (unpaired) electrons. The minimum atomic E-state index is -0.842. The Morgan fingerprint density at radius 1 is 0.310 bits per heavy atom. The van der Waals surface area contributed by atoms with Crippen LogP contribution in [0.15, 0.2) is 24.3 Å². The summed E-state index contributed by atoms with van der Waals surface area (Å²) in [6.07, 6.45) is 98.8. The molecule has 3 N–H and O–H groups in total. The molecule has 0 rings (SSSR count). The fourth-order valence-electron chi connectivity index (χ4n) is 12.9. The summed E-state index contributed by atoms with van der Waals surface area (Å²) in [5.74, 6) is -0.0447. The van der Waals surface area contributed by atoms with Crippen LogP contribution < -0.4 is 5.32 Å². The molecule has 516 valence electrons. The van der Waals surface area contributed by atoms with Gasteiger partial charge in [-0.2, -0.15) is 0 Å². The van der Waals surface area contributed by atoms with Gasteiger partial charge in [0.25, 0.3) is 0 Å². The van der Waals surface area contributed by atoms with E-state index in [0.717, 1.165) is 44.9 Å². The second-order valence-electron chi connectivity index (χ2n) is 27.8. The van der Waals surface area contributed by atoms with Crippen molar-refractivity contribution in [2.45, 2.75) is 469 Å². The third-order valence-electron chi connectivity index (χ3n) is 19.0. The highest BCUT2D eigenvalue weighted by atomic mass is 16.5. The van der Waals surface area contributed by atoms with Crippen molar-refractivity contribution < 1.29 is 24.5 Å². The van der Waals surface area contributed by atoms with Crippen molar-refractivity contribution in [1.82, 2.24) is 5.32 Å². The highest BCUT2D eigenvalue weighted by molar-refractivity contribution is 5.76. The van der Waals surface area contributed by atoms with Crippen LogP contribution in [0.25, 0.3) is 0 Å². The van der Waals surface area contributed by atoms with Crippen molar-refractivity contribution in [2.75, 3.05) is 13.2 Å². The van der Waals surface area contributed by atoms with Crippen molar-refractivity contribution in [2.24, 2.45) is 0 Å². The molecule has 2 unspecified atom stereocenters. The molecule has 0 aromatic heterocycles. The quantitative estimate of drug-likeness (QED) is 0.0320. The van der Waals surface area contributed by atoms with E-state index >= 15 is 0 Å². The molecule has 0 aromatic rings. The summed E-state index contributed by atoms with van der Waals surface area (Å²) in [4.78, 5) is 24.6. The lowest BCUT2D eigenvalue weighted by Gasteiger charge is -2.20. The van der Waals surface area contributed by atoms with Gasteiger partial charge in [0.05, 0.1) is 25.4 Å². The summed E-state index contributed by atoms with van der Waals surface area (Å²) >= 11 is 0. The van der Waals surface area contributed by atoms with Crippen molar-refractivity contribution >= 4 is 11.9 Å². The molecule has 0 aliphatic heterocycles. The van der Waals surface area contributed by atoms with Gasteiger partial charge in [-0.25, -0.2) is 0 Å². The Balaban J connectivity index is 3.35. The fraction of sp³-hybridized carbons (Fsp3) is 0.926. The second-order valence-corrected chi connectivity index (χ2v) is 27.8. The summed E-state index contributed by atoms with van der Waals surface area (Å²) < 4.78 is 5.49. The summed E-state index contributed by atoms with van der Waals surface area (Å²) in [5, 5.41) is 23.3.